The molecule has 2 aliphatic rings. The van der Waals surface area contributed by atoms with E-state index in [0.717, 1.165) is 18.3 Å². The fourth-order valence-corrected chi connectivity index (χ4v) is 3.36. The van der Waals surface area contributed by atoms with Crippen molar-refractivity contribution in [1.82, 2.24) is 4.90 Å². The smallest absolute Gasteiger partial charge is 0.436 e. The predicted molar refractivity (Wildman–Crippen MR) is 65.9 cm³/mol. The van der Waals surface area contributed by atoms with Gasteiger partial charge in [-0.25, -0.2) is 4.79 Å². The third kappa shape index (κ3) is 2.79. The Bertz CT molecular complexity index is 321. The zero-order chi connectivity index (χ0) is 9.97. The number of ether oxygens (including phenoxy) is 1. The van der Waals surface area contributed by atoms with Crippen LogP contribution in [-0.4, -0.2) is 41.0 Å². The van der Waals surface area contributed by atoms with Crippen LogP contribution >= 0.6 is 34.0 Å². The molecule has 0 aromatic carbocycles. The Balaban J connectivity index is 0.00000112. The van der Waals surface area contributed by atoms with Crippen LogP contribution in [0.4, 0.5) is 4.79 Å². The number of carbonyl (C=O) groups is 1. The zero-order valence-corrected chi connectivity index (χ0v) is 10.5. The number of amidine groups is 2. The number of hydrogen-bond acceptors (Lipinski definition) is 5. The molecule has 2 heterocycles. The highest BCUT2D eigenvalue weighted by atomic mass is 35.5. The summed E-state index contributed by atoms with van der Waals surface area (Å²) < 4.78 is 4.74. The minimum absolute atomic E-state index is 0. The summed E-state index contributed by atoms with van der Waals surface area (Å²) in [6.45, 7) is 3.71. The molecule has 0 aromatic rings. The minimum Gasteiger partial charge on any atom is -0.448 e. The van der Waals surface area contributed by atoms with Gasteiger partial charge in [0, 0.05) is 6.54 Å². The van der Waals surface area contributed by atoms with E-state index in [1.54, 1.807) is 6.92 Å². The molecule has 0 bridgehead atoms. The van der Waals surface area contributed by atoms with E-state index in [4.69, 9.17) is 4.74 Å². The third-order valence-corrected chi connectivity index (χ3v) is 3.87. The fraction of sp³-hybridized carbons (Fsp3) is 0.571. The molecule has 0 aliphatic carbocycles. The molecule has 1 saturated heterocycles. The first kappa shape index (κ1) is 12.7. The number of aliphatic imine (C=N–C) groups is 2. The second kappa shape index (κ2) is 5.62. The summed E-state index contributed by atoms with van der Waals surface area (Å²) in [5.41, 5.74) is 0. The van der Waals surface area contributed by atoms with E-state index in [2.05, 4.69) is 9.98 Å². The van der Waals surface area contributed by atoms with Crippen LogP contribution in [0.2, 0.25) is 0 Å². The van der Waals surface area contributed by atoms with E-state index in [1.165, 1.54) is 21.6 Å². The van der Waals surface area contributed by atoms with Crippen LogP contribution in [0.1, 0.15) is 6.92 Å². The number of amides is 1. The summed E-state index contributed by atoms with van der Waals surface area (Å²) in [5, 5.41) is 1.63. The number of rotatable bonds is 1. The molecule has 0 saturated carbocycles. The van der Waals surface area contributed by atoms with Gasteiger partial charge in [-0.2, -0.15) is 0 Å². The van der Waals surface area contributed by atoms with Gasteiger partial charge in [-0.1, -0.05) is 0 Å². The molecule has 2 aliphatic heterocycles. The van der Waals surface area contributed by atoms with Crippen molar-refractivity contribution in [1.29, 1.82) is 0 Å². The lowest BCUT2D eigenvalue weighted by Crippen LogP contribution is -2.26. The van der Waals surface area contributed by atoms with Gasteiger partial charge in [0.15, 0.2) is 10.3 Å². The van der Waals surface area contributed by atoms with Gasteiger partial charge < -0.3 is 4.74 Å². The number of hydrogen-bond donors (Lipinski definition) is 0. The number of nitrogens with zero attached hydrogens (tertiary/aromatic N) is 3. The second-order valence-corrected chi connectivity index (χ2v) is 4.64. The van der Waals surface area contributed by atoms with Gasteiger partial charge >= 0.3 is 6.09 Å². The Morgan fingerprint density at radius 1 is 1.67 bits per heavy atom. The lowest BCUT2D eigenvalue weighted by Gasteiger charge is -2.08. The third-order valence-electron chi connectivity index (χ3n) is 1.68. The molecule has 0 N–H and O–H groups in total. The van der Waals surface area contributed by atoms with Gasteiger partial charge in [-0.05, 0) is 28.5 Å². The van der Waals surface area contributed by atoms with Crippen molar-refractivity contribution < 1.29 is 9.53 Å². The summed E-state index contributed by atoms with van der Waals surface area (Å²) in [6, 6.07) is 0. The van der Waals surface area contributed by atoms with Crippen LogP contribution in [0.5, 0.6) is 0 Å². The molecule has 84 valence electrons. The highest BCUT2D eigenvalue weighted by Crippen LogP contribution is 2.38. The highest BCUT2D eigenvalue weighted by Gasteiger charge is 2.31. The first-order valence-electron chi connectivity index (χ1n) is 4.23. The fourth-order valence-electron chi connectivity index (χ4n) is 1.11. The number of halogens is 1. The molecule has 5 nitrogen and oxygen atoms in total. The van der Waals surface area contributed by atoms with Crippen LogP contribution < -0.4 is 0 Å². The maximum atomic E-state index is 11.1. The van der Waals surface area contributed by atoms with Crippen LogP contribution in [0, 0.1) is 0 Å². The molecular formula is C7H10ClN3O2S2. The average Bonchev–Trinajstić information content (AvgIpc) is 2.70. The Labute approximate surface area is 102 Å². The quantitative estimate of drug-likeness (QED) is 0.680. The van der Waals surface area contributed by atoms with E-state index < -0.39 is 6.09 Å². The van der Waals surface area contributed by atoms with Crippen molar-refractivity contribution in [2.75, 3.05) is 19.7 Å². The van der Waals surface area contributed by atoms with Crippen molar-refractivity contribution in [2.45, 2.75) is 6.92 Å². The van der Waals surface area contributed by atoms with Crippen molar-refractivity contribution >= 4 is 50.4 Å². The van der Waals surface area contributed by atoms with Crippen LogP contribution in [0.25, 0.3) is 0 Å². The molecule has 2 rings (SSSR count). The van der Waals surface area contributed by atoms with E-state index in [1.807, 2.05) is 4.90 Å². The van der Waals surface area contributed by atoms with Gasteiger partial charge in [-0.3, -0.25) is 9.89 Å². The first-order valence-corrected chi connectivity index (χ1v) is 6.38. The Hall–Kier alpha value is -0.400. The van der Waals surface area contributed by atoms with Gasteiger partial charge in [0.1, 0.15) is 0 Å². The van der Waals surface area contributed by atoms with Gasteiger partial charge in [-0.15, -0.1) is 17.4 Å². The maximum absolute atomic E-state index is 11.1. The molecule has 1 amide bonds. The zero-order valence-electron chi connectivity index (χ0n) is 8.00. The largest absolute Gasteiger partial charge is 0.448 e. The first-order chi connectivity index (χ1) is 6.81. The number of carbonyl (C=O) groups excluding carboxylic acids is 1. The van der Waals surface area contributed by atoms with Crippen molar-refractivity contribution in [3.8, 4) is 0 Å². The van der Waals surface area contributed by atoms with Gasteiger partial charge in [0.05, 0.1) is 13.2 Å². The standard InChI is InChI=1S/C7H9N3O2S2.ClH/c1-2-12-7(11)9-6-10-4-3-8-5(10)13-14-6;/h2-4H2,1H3;1H/b9-6-;. The Morgan fingerprint density at radius 2 is 2.47 bits per heavy atom. The van der Waals surface area contributed by atoms with E-state index >= 15 is 0 Å². The minimum atomic E-state index is -0.524. The summed E-state index contributed by atoms with van der Waals surface area (Å²) in [5.74, 6) is 0. The molecule has 0 radical (unpaired) electrons. The molecule has 0 spiro atoms. The highest BCUT2D eigenvalue weighted by molar-refractivity contribution is 8.88. The lowest BCUT2D eigenvalue weighted by molar-refractivity contribution is 0.163. The predicted octanol–water partition coefficient (Wildman–Crippen LogP) is 1.99. The van der Waals surface area contributed by atoms with Crippen molar-refractivity contribution in [2.24, 2.45) is 9.98 Å². The Kier molecular flexibility index (Phi) is 4.75. The lowest BCUT2D eigenvalue weighted by atomic mass is 10.6. The second-order valence-electron chi connectivity index (χ2n) is 2.58. The normalized spacial score (nSPS) is 21.0. The molecule has 0 atom stereocenters. The van der Waals surface area contributed by atoms with Gasteiger partial charge in [0.2, 0.25) is 0 Å². The van der Waals surface area contributed by atoms with Crippen LogP contribution in [-0.2, 0) is 4.74 Å². The van der Waals surface area contributed by atoms with E-state index in [0.29, 0.717) is 11.8 Å². The topological polar surface area (TPSA) is 54.3 Å². The molecule has 8 heteroatoms. The SMILES string of the molecule is CCOC(=O)/N=C1\SSC2=NCCN21.Cl. The molecule has 15 heavy (non-hydrogen) atoms. The van der Waals surface area contributed by atoms with Crippen molar-refractivity contribution in [3.05, 3.63) is 0 Å². The molecule has 1 fully saturated rings. The van der Waals surface area contributed by atoms with E-state index in [9.17, 15) is 4.79 Å². The summed E-state index contributed by atoms with van der Waals surface area (Å²) >= 11 is 0. The average molecular weight is 268 g/mol. The van der Waals surface area contributed by atoms with Crippen molar-refractivity contribution in [3.63, 3.8) is 0 Å². The Morgan fingerprint density at radius 3 is 3.20 bits per heavy atom. The summed E-state index contributed by atoms with van der Waals surface area (Å²) in [6.07, 6.45) is -0.524. The van der Waals surface area contributed by atoms with E-state index in [-0.39, 0.29) is 12.4 Å². The maximum Gasteiger partial charge on any atom is 0.436 e. The van der Waals surface area contributed by atoms with Crippen LogP contribution in [0.15, 0.2) is 9.98 Å². The molecule has 0 aromatic heterocycles. The van der Waals surface area contributed by atoms with Gasteiger partial charge in [0.25, 0.3) is 0 Å². The molecular weight excluding hydrogens is 258 g/mol. The van der Waals surface area contributed by atoms with Crippen LogP contribution in [0.3, 0.4) is 0 Å². The summed E-state index contributed by atoms with van der Waals surface area (Å²) in [7, 11) is 2.98. The molecule has 0 unspecified atom stereocenters. The number of fused-ring (bicyclic) bond motifs is 1. The monoisotopic (exact) mass is 267 g/mol. The summed E-state index contributed by atoms with van der Waals surface area (Å²) in [4.78, 5) is 21.1.